The van der Waals surface area contributed by atoms with E-state index in [2.05, 4.69) is 15.4 Å². The van der Waals surface area contributed by atoms with Crippen molar-refractivity contribution in [2.75, 3.05) is 13.1 Å². The van der Waals surface area contributed by atoms with Crippen LogP contribution in [0.25, 0.3) is 0 Å². The zero-order chi connectivity index (χ0) is 14.0. The maximum atomic E-state index is 10.6. The number of nitrogens with one attached hydrogen (secondary N) is 1. The van der Waals surface area contributed by atoms with Gasteiger partial charge in [-0.3, -0.25) is 9.96 Å². The van der Waals surface area contributed by atoms with Gasteiger partial charge in [-0.15, -0.1) is 4.28 Å². The molecule has 0 radical (unpaired) electrons. The fourth-order valence-corrected chi connectivity index (χ4v) is 2.30. The molecule has 9 nitrogen and oxygen atoms in total. The topological polar surface area (TPSA) is 132 Å². The Kier molecular flexibility index (Phi) is 3.85. The van der Waals surface area contributed by atoms with Crippen LogP contribution in [0.2, 0.25) is 0 Å². The average molecular weight is 289 g/mol. The van der Waals surface area contributed by atoms with Gasteiger partial charge in [-0.05, 0) is 6.42 Å². The van der Waals surface area contributed by atoms with Gasteiger partial charge in [-0.1, -0.05) is 12.2 Å². The molecule has 0 fully saturated rings. The van der Waals surface area contributed by atoms with Gasteiger partial charge >= 0.3 is 10.4 Å². The van der Waals surface area contributed by atoms with Crippen molar-refractivity contribution in [1.82, 2.24) is 9.96 Å². The molecule has 1 unspecified atom stereocenters. The molecule has 0 aromatic heterocycles. The maximum Gasteiger partial charge on any atom is 0.418 e. The van der Waals surface area contributed by atoms with E-state index >= 15 is 0 Å². The van der Waals surface area contributed by atoms with Crippen molar-refractivity contribution in [2.45, 2.75) is 19.0 Å². The van der Waals surface area contributed by atoms with Gasteiger partial charge < -0.3 is 10.6 Å². The Balaban J connectivity index is 2.13. The van der Waals surface area contributed by atoms with Gasteiger partial charge in [0.2, 0.25) is 5.96 Å². The summed E-state index contributed by atoms with van der Waals surface area (Å²) in [5.74, 6) is 0.151. The highest BCUT2D eigenvalue weighted by molar-refractivity contribution is 7.80. The highest BCUT2D eigenvalue weighted by Crippen LogP contribution is 2.15. The van der Waals surface area contributed by atoms with Crippen molar-refractivity contribution in [3.8, 4) is 0 Å². The van der Waals surface area contributed by atoms with Crippen molar-refractivity contribution < 1.29 is 17.3 Å². The van der Waals surface area contributed by atoms with E-state index in [1.54, 1.807) is 0 Å². The van der Waals surface area contributed by atoms with Gasteiger partial charge in [-0.25, -0.2) is 0 Å². The maximum absolute atomic E-state index is 10.6. The van der Waals surface area contributed by atoms with Crippen LogP contribution in [-0.4, -0.2) is 54.0 Å². The summed E-state index contributed by atoms with van der Waals surface area (Å²) in [6.07, 6.45) is 4.26. The molecule has 2 aliphatic heterocycles. The summed E-state index contributed by atoms with van der Waals surface area (Å²) in [6, 6.07) is 0. The van der Waals surface area contributed by atoms with Crippen LogP contribution in [-0.2, 0) is 14.7 Å². The minimum atomic E-state index is -4.72. The molecular formula is C9H15N5O4S. The zero-order valence-electron chi connectivity index (χ0n) is 10.1. The molecule has 106 valence electrons. The molecule has 1 atom stereocenters. The number of nitrogens with zero attached hydrogens (tertiary/aromatic N) is 3. The number of amidine groups is 1. The van der Waals surface area contributed by atoms with E-state index < -0.39 is 22.5 Å². The first kappa shape index (κ1) is 13.9. The van der Waals surface area contributed by atoms with E-state index in [0.717, 1.165) is 13.0 Å². The lowest BCUT2D eigenvalue weighted by atomic mass is 10.2. The third-order valence-electron chi connectivity index (χ3n) is 2.73. The lowest BCUT2D eigenvalue weighted by molar-refractivity contribution is -0.0271. The number of nitrogens with two attached hydrogens (primary N) is 1. The van der Waals surface area contributed by atoms with Gasteiger partial charge in [-0.2, -0.15) is 18.5 Å². The number of hydrogen-bond donors (Lipinski definition) is 3. The van der Waals surface area contributed by atoms with E-state index in [1.807, 2.05) is 11.0 Å². The summed E-state index contributed by atoms with van der Waals surface area (Å²) < 4.78 is 34.1. The monoisotopic (exact) mass is 289 g/mol. The Hall–Kier alpha value is -1.49. The number of hydrogen-bond acceptors (Lipinski definition) is 6. The molecule has 2 heterocycles. The second kappa shape index (κ2) is 5.25. The number of guanidine groups is 1. The Morgan fingerprint density at radius 3 is 2.79 bits per heavy atom. The van der Waals surface area contributed by atoms with Gasteiger partial charge in [0, 0.05) is 19.5 Å². The molecule has 0 aliphatic carbocycles. The first-order valence-electron chi connectivity index (χ1n) is 5.65. The summed E-state index contributed by atoms with van der Waals surface area (Å²) in [5, 5.41) is 8.19. The molecule has 2 rings (SSSR count). The quantitative estimate of drug-likeness (QED) is 0.452. The molecule has 0 amide bonds. The molecule has 0 saturated carbocycles. The predicted octanol–water partition coefficient (Wildman–Crippen LogP) is -0.694. The lowest BCUT2D eigenvalue weighted by Crippen LogP contribution is -2.53. The molecule has 0 aromatic carbocycles. The summed E-state index contributed by atoms with van der Waals surface area (Å²) in [5.41, 5.74) is 5.73. The van der Waals surface area contributed by atoms with Crippen molar-refractivity contribution in [3.05, 3.63) is 12.2 Å². The number of aliphatic imine (C=N–C) groups is 1. The summed E-state index contributed by atoms with van der Waals surface area (Å²) in [4.78, 5) is 5.92. The molecule has 4 N–H and O–H groups in total. The van der Waals surface area contributed by atoms with E-state index in [1.165, 1.54) is 0 Å². The molecule has 10 heteroatoms. The molecular weight excluding hydrogens is 274 g/mol. The number of rotatable bonds is 2. The van der Waals surface area contributed by atoms with Gasteiger partial charge in [0.1, 0.15) is 12.0 Å². The van der Waals surface area contributed by atoms with Crippen molar-refractivity contribution in [3.63, 3.8) is 0 Å². The van der Waals surface area contributed by atoms with E-state index in [4.69, 9.17) is 15.7 Å². The lowest BCUT2D eigenvalue weighted by Gasteiger charge is -2.35. The van der Waals surface area contributed by atoms with Crippen molar-refractivity contribution in [1.29, 1.82) is 5.41 Å². The van der Waals surface area contributed by atoms with Crippen LogP contribution >= 0.6 is 0 Å². The molecule has 0 spiro atoms. The largest absolute Gasteiger partial charge is 0.418 e. The molecule has 0 saturated heterocycles. The summed E-state index contributed by atoms with van der Waals surface area (Å²) >= 11 is 0. The summed E-state index contributed by atoms with van der Waals surface area (Å²) in [7, 11) is -4.72. The SMILES string of the molecule is N=C1N=C(N2CC=CCC2)CC(N)N1OS(=O)(=O)O. The van der Waals surface area contributed by atoms with Crippen LogP contribution < -0.4 is 5.73 Å². The average Bonchev–Trinajstić information content (AvgIpc) is 2.33. The number of hydroxylamine groups is 2. The molecule has 0 aromatic rings. The third kappa shape index (κ3) is 3.50. The molecule has 0 bridgehead atoms. The minimum absolute atomic E-state index is 0.228. The van der Waals surface area contributed by atoms with E-state index in [-0.39, 0.29) is 6.42 Å². The van der Waals surface area contributed by atoms with Crippen molar-refractivity contribution in [2.24, 2.45) is 10.7 Å². The van der Waals surface area contributed by atoms with E-state index in [0.29, 0.717) is 17.4 Å². The van der Waals surface area contributed by atoms with Crippen molar-refractivity contribution >= 4 is 22.2 Å². The Morgan fingerprint density at radius 1 is 1.53 bits per heavy atom. The fourth-order valence-electron chi connectivity index (χ4n) is 1.91. The minimum Gasteiger partial charge on any atom is -0.356 e. The van der Waals surface area contributed by atoms with Crippen LogP contribution in [0.4, 0.5) is 0 Å². The molecule has 19 heavy (non-hydrogen) atoms. The fraction of sp³-hybridized carbons (Fsp3) is 0.556. The first-order valence-corrected chi connectivity index (χ1v) is 7.01. The second-order valence-electron chi connectivity index (χ2n) is 4.16. The van der Waals surface area contributed by atoms with E-state index in [9.17, 15) is 8.42 Å². The van der Waals surface area contributed by atoms with Gasteiger partial charge in [0.15, 0.2) is 0 Å². The third-order valence-corrected chi connectivity index (χ3v) is 3.08. The van der Waals surface area contributed by atoms with Gasteiger partial charge in [0.25, 0.3) is 0 Å². The highest BCUT2D eigenvalue weighted by atomic mass is 32.3. The van der Waals surface area contributed by atoms with Gasteiger partial charge in [0.05, 0.1) is 0 Å². The van der Waals surface area contributed by atoms with Crippen LogP contribution in [0.15, 0.2) is 17.1 Å². The predicted molar refractivity (Wildman–Crippen MR) is 67.6 cm³/mol. The highest BCUT2D eigenvalue weighted by Gasteiger charge is 2.31. The second-order valence-corrected chi connectivity index (χ2v) is 5.16. The first-order chi connectivity index (χ1) is 8.87. The summed E-state index contributed by atoms with van der Waals surface area (Å²) in [6.45, 7) is 1.45. The van der Waals surface area contributed by atoms with Crippen LogP contribution in [0.5, 0.6) is 0 Å². The standard InChI is InChI=1S/C9H15N5O4S/c10-7-6-8(13-4-2-1-3-5-13)12-9(11)14(7)18-19(15,16)17/h1-2,7,11H,3-6,10H2,(H,15,16,17). The Bertz CT molecular complexity index is 529. The Morgan fingerprint density at radius 2 is 2.26 bits per heavy atom. The Labute approximate surface area is 110 Å². The molecule has 2 aliphatic rings. The zero-order valence-corrected chi connectivity index (χ0v) is 10.9. The van der Waals surface area contributed by atoms with Crippen LogP contribution in [0.3, 0.4) is 0 Å². The smallest absolute Gasteiger partial charge is 0.356 e. The van der Waals surface area contributed by atoms with Crippen LogP contribution in [0.1, 0.15) is 12.8 Å². The normalized spacial score (nSPS) is 24.6. The van der Waals surface area contributed by atoms with Crippen LogP contribution in [0, 0.1) is 5.41 Å².